The van der Waals surface area contributed by atoms with Crippen molar-refractivity contribution in [2.45, 2.75) is 31.1 Å². The summed E-state index contributed by atoms with van der Waals surface area (Å²) in [5.41, 5.74) is -0.562. The second kappa shape index (κ2) is 6.03. The number of carbonyl (C=O) groups excluding carboxylic acids is 1. The SMILES string of the molecule is CCOC(=O)c1cn(C2CC2)c2cc(F)c(F)c(CBr)c2c1=O. The monoisotopic (exact) mass is 385 g/mol. The van der Waals surface area contributed by atoms with Crippen molar-refractivity contribution in [2.75, 3.05) is 6.61 Å². The zero-order valence-corrected chi connectivity index (χ0v) is 14.0. The summed E-state index contributed by atoms with van der Waals surface area (Å²) in [6, 6.07) is 1.10. The molecule has 0 bridgehead atoms. The predicted molar refractivity (Wildman–Crippen MR) is 85.0 cm³/mol. The maximum absolute atomic E-state index is 14.1. The Morgan fingerprint density at radius 1 is 1.43 bits per heavy atom. The molecule has 0 radical (unpaired) electrons. The maximum atomic E-state index is 14.1. The number of esters is 1. The van der Waals surface area contributed by atoms with Gasteiger partial charge in [0.2, 0.25) is 5.43 Å². The number of ether oxygens (including phenoxy) is 1. The van der Waals surface area contributed by atoms with Gasteiger partial charge in [-0.1, -0.05) is 15.9 Å². The molecule has 0 unspecified atom stereocenters. The first kappa shape index (κ1) is 16.1. The molecule has 0 saturated heterocycles. The predicted octanol–water partition coefficient (Wildman–Crippen LogP) is 3.69. The molecule has 122 valence electrons. The highest BCUT2D eigenvalue weighted by atomic mass is 79.9. The lowest BCUT2D eigenvalue weighted by Crippen LogP contribution is -2.22. The summed E-state index contributed by atoms with van der Waals surface area (Å²) in [5, 5.41) is -0.00236. The quantitative estimate of drug-likeness (QED) is 0.595. The van der Waals surface area contributed by atoms with Crippen LogP contribution in [0, 0.1) is 11.6 Å². The van der Waals surface area contributed by atoms with Crippen LogP contribution in [0.3, 0.4) is 0 Å². The van der Waals surface area contributed by atoms with Gasteiger partial charge in [0.1, 0.15) is 5.56 Å². The summed E-state index contributed by atoms with van der Waals surface area (Å²) in [6.45, 7) is 1.76. The maximum Gasteiger partial charge on any atom is 0.343 e. The standard InChI is InChI=1S/C16H14BrF2NO3/c1-2-23-16(22)10-7-20(8-3-4-8)12-5-11(18)14(19)9(6-17)13(12)15(10)21/h5,7-8H,2-4,6H2,1H3. The lowest BCUT2D eigenvalue weighted by atomic mass is 10.0. The zero-order chi connectivity index (χ0) is 16.7. The number of nitrogens with zero attached hydrogens (tertiary/aromatic N) is 1. The first-order valence-corrected chi connectivity index (χ1v) is 8.40. The highest BCUT2D eigenvalue weighted by Gasteiger charge is 2.29. The van der Waals surface area contributed by atoms with Gasteiger partial charge in [-0.05, 0) is 19.8 Å². The lowest BCUT2D eigenvalue weighted by molar-refractivity contribution is 0.0524. The molecule has 0 N–H and O–H groups in total. The molecule has 7 heteroatoms. The Balaban J connectivity index is 2.41. The van der Waals surface area contributed by atoms with E-state index in [1.165, 1.54) is 6.20 Å². The van der Waals surface area contributed by atoms with E-state index in [2.05, 4.69) is 15.9 Å². The molecule has 2 aromatic rings. The van der Waals surface area contributed by atoms with Gasteiger partial charge in [-0.3, -0.25) is 4.79 Å². The molecule has 0 atom stereocenters. The average Bonchev–Trinajstić information content (AvgIpc) is 3.34. The van der Waals surface area contributed by atoms with Gasteiger partial charge in [0.15, 0.2) is 11.6 Å². The number of hydrogen-bond donors (Lipinski definition) is 0. The molecule has 4 nitrogen and oxygen atoms in total. The van der Waals surface area contributed by atoms with Crippen molar-refractivity contribution in [3.05, 3.63) is 45.2 Å². The molecular weight excluding hydrogens is 372 g/mol. The van der Waals surface area contributed by atoms with Crippen molar-refractivity contribution in [1.29, 1.82) is 0 Å². The van der Waals surface area contributed by atoms with Crippen LogP contribution in [0.5, 0.6) is 0 Å². The van der Waals surface area contributed by atoms with Crippen LogP contribution in [-0.2, 0) is 10.1 Å². The first-order chi connectivity index (χ1) is 11.0. The van der Waals surface area contributed by atoms with Crippen molar-refractivity contribution in [2.24, 2.45) is 0 Å². The van der Waals surface area contributed by atoms with Crippen LogP contribution in [0.1, 0.15) is 41.7 Å². The van der Waals surface area contributed by atoms with Crippen LogP contribution < -0.4 is 5.43 Å². The minimum Gasteiger partial charge on any atom is -0.462 e. The molecule has 3 rings (SSSR count). The van der Waals surface area contributed by atoms with Gasteiger partial charge < -0.3 is 9.30 Å². The highest BCUT2D eigenvalue weighted by Crippen LogP contribution is 2.38. The van der Waals surface area contributed by atoms with E-state index >= 15 is 0 Å². The van der Waals surface area contributed by atoms with Crippen molar-refractivity contribution in [3.8, 4) is 0 Å². The molecule has 1 saturated carbocycles. The van der Waals surface area contributed by atoms with Crippen LogP contribution in [0.2, 0.25) is 0 Å². The van der Waals surface area contributed by atoms with Gasteiger partial charge >= 0.3 is 5.97 Å². The summed E-state index contributed by atoms with van der Waals surface area (Å²) < 4.78 is 34.5. The summed E-state index contributed by atoms with van der Waals surface area (Å²) in [6.07, 6.45) is 3.13. The van der Waals surface area contributed by atoms with Crippen LogP contribution in [0.15, 0.2) is 17.1 Å². The summed E-state index contributed by atoms with van der Waals surface area (Å²) >= 11 is 3.10. The minimum absolute atomic E-state index is 0.0261. The van der Waals surface area contributed by atoms with Gasteiger partial charge in [0.05, 0.1) is 17.5 Å². The number of carbonyl (C=O) groups is 1. The van der Waals surface area contributed by atoms with Crippen LogP contribution in [0.25, 0.3) is 10.9 Å². The molecule has 1 aromatic heterocycles. The van der Waals surface area contributed by atoms with Crippen LogP contribution in [0.4, 0.5) is 8.78 Å². The van der Waals surface area contributed by atoms with Crippen LogP contribution in [-0.4, -0.2) is 17.1 Å². The molecule has 1 heterocycles. The van der Waals surface area contributed by atoms with Crippen LogP contribution >= 0.6 is 15.9 Å². The molecule has 23 heavy (non-hydrogen) atoms. The third-order valence-corrected chi connectivity index (χ3v) is 4.44. The number of rotatable bonds is 4. The summed E-state index contributed by atoms with van der Waals surface area (Å²) in [7, 11) is 0. The molecule has 0 aliphatic heterocycles. The highest BCUT2D eigenvalue weighted by molar-refractivity contribution is 9.08. The Kier molecular flexibility index (Phi) is 4.23. The number of benzene rings is 1. The number of aromatic nitrogens is 1. The number of pyridine rings is 1. The largest absolute Gasteiger partial charge is 0.462 e. The normalized spacial score (nSPS) is 14.3. The van der Waals surface area contributed by atoms with E-state index in [1.54, 1.807) is 11.5 Å². The Bertz CT molecular complexity index is 859. The molecule has 0 amide bonds. The molecule has 0 spiro atoms. The number of fused-ring (bicyclic) bond motifs is 1. The van der Waals surface area contributed by atoms with Crippen molar-refractivity contribution < 1.29 is 18.3 Å². The van der Waals surface area contributed by atoms with Crippen molar-refractivity contribution in [3.63, 3.8) is 0 Å². The van der Waals surface area contributed by atoms with Crippen molar-refractivity contribution in [1.82, 2.24) is 4.57 Å². The zero-order valence-electron chi connectivity index (χ0n) is 12.4. The van der Waals surface area contributed by atoms with E-state index in [0.717, 1.165) is 18.9 Å². The molecule has 1 aliphatic rings. The molecule has 1 aromatic carbocycles. The fraction of sp³-hybridized carbons (Fsp3) is 0.375. The second-order valence-electron chi connectivity index (χ2n) is 5.41. The third kappa shape index (κ3) is 2.67. The Morgan fingerprint density at radius 3 is 2.70 bits per heavy atom. The van der Waals surface area contributed by atoms with Gasteiger partial charge in [0, 0.05) is 29.2 Å². The first-order valence-electron chi connectivity index (χ1n) is 7.28. The number of hydrogen-bond acceptors (Lipinski definition) is 3. The van der Waals surface area contributed by atoms with Gasteiger partial charge in [0.25, 0.3) is 0 Å². The van der Waals surface area contributed by atoms with E-state index in [9.17, 15) is 18.4 Å². The number of alkyl halides is 1. The fourth-order valence-corrected chi connectivity index (χ4v) is 3.18. The molecule has 1 fully saturated rings. The van der Waals surface area contributed by atoms with E-state index in [1.807, 2.05) is 0 Å². The summed E-state index contributed by atoms with van der Waals surface area (Å²) in [4.78, 5) is 24.7. The second-order valence-corrected chi connectivity index (χ2v) is 5.97. The fourth-order valence-electron chi connectivity index (χ4n) is 2.66. The average molecular weight is 386 g/mol. The van der Waals surface area contributed by atoms with E-state index < -0.39 is 23.0 Å². The smallest absolute Gasteiger partial charge is 0.343 e. The Morgan fingerprint density at radius 2 is 2.13 bits per heavy atom. The van der Waals surface area contributed by atoms with E-state index in [4.69, 9.17) is 4.74 Å². The van der Waals surface area contributed by atoms with E-state index in [-0.39, 0.29) is 34.5 Å². The molecule has 1 aliphatic carbocycles. The topological polar surface area (TPSA) is 48.3 Å². The summed E-state index contributed by atoms with van der Waals surface area (Å²) in [5.74, 6) is -2.83. The lowest BCUT2D eigenvalue weighted by Gasteiger charge is -2.15. The Hall–Kier alpha value is -1.76. The van der Waals surface area contributed by atoms with Gasteiger partial charge in [-0.15, -0.1) is 0 Å². The number of halogens is 3. The van der Waals surface area contributed by atoms with E-state index in [0.29, 0.717) is 5.52 Å². The Labute approximate surface area is 139 Å². The minimum atomic E-state index is -1.07. The third-order valence-electron chi connectivity index (χ3n) is 3.88. The van der Waals surface area contributed by atoms with Gasteiger partial charge in [-0.2, -0.15) is 0 Å². The molecular formula is C16H14BrF2NO3. The van der Waals surface area contributed by atoms with Gasteiger partial charge in [-0.25, -0.2) is 13.6 Å². The van der Waals surface area contributed by atoms with Crippen molar-refractivity contribution >= 4 is 32.8 Å².